The van der Waals surface area contributed by atoms with Gasteiger partial charge in [0.2, 0.25) is 0 Å². The predicted molar refractivity (Wildman–Crippen MR) is 94.4 cm³/mol. The summed E-state index contributed by atoms with van der Waals surface area (Å²) in [5.41, 5.74) is 2.08. The Labute approximate surface area is 149 Å². The van der Waals surface area contributed by atoms with Gasteiger partial charge in [0.15, 0.2) is 5.69 Å². The Morgan fingerprint density at radius 2 is 2.13 bits per heavy atom. The Morgan fingerprint density at radius 1 is 1.30 bits per heavy atom. The Balaban J connectivity index is 0.00000192. The van der Waals surface area contributed by atoms with E-state index in [0.29, 0.717) is 12.2 Å². The summed E-state index contributed by atoms with van der Waals surface area (Å²) in [7, 11) is 0. The van der Waals surface area contributed by atoms with Crippen LogP contribution in [0.25, 0.3) is 5.69 Å². The standard InChI is InChI=1S/C15H18BrN5O.ClH/c1-11-14(15(22)20-8-3-6-17-7-9-20)18-19-21(11)13-5-2-4-12(16)10-13;/h2,4-5,10,17H,3,6-9H2,1H3;1H. The second-order valence-electron chi connectivity index (χ2n) is 5.31. The van der Waals surface area contributed by atoms with Crippen molar-refractivity contribution in [2.75, 3.05) is 26.2 Å². The van der Waals surface area contributed by atoms with Crippen LogP contribution in [0.4, 0.5) is 0 Å². The van der Waals surface area contributed by atoms with Gasteiger partial charge >= 0.3 is 0 Å². The summed E-state index contributed by atoms with van der Waals surface area (Å²) in [5.74, 6) is -0.0394. The maximum absolute atomic E-state index is 12.7. The fourth-order valence-corrected chi connectivity index (χ4v) is 2.97. The van der Waals surface area contributed by atoms with Crippen LogP contribution < -0.4 is 5.32 Å². The van der Waals surface area contributed by atoms with Gasteiger partial charge in [-0.05, 0) is 38.1 Å². The molecule has 6 nitrogen and oxygen atoms in total. The molecule has 1 aliphatic heterocycles. The molecule has 124 valence electrons. The zero-order chi connectivity index (χ0) is 15.5. The summed E-state index contributed by atoms with van der Waals surface area (Å²) >= 11 is 3.45. The second kappa shape index (κ2) is 7.90. The SMILES string of the molecule is Cc1c(C(=O)N2CCCNCC2)nnn1-c1cccc(Br)c1.Cl. The molecule has 0 unspecified atom stereocenters. The number of benzene rings is 1. The summed E-state index contributed by atoms with van der Waals surface area (Å²) in [6, 6.07) is 7.77. The minimum atomic E-state index is -0.0394. The lowest BCUT2D eigenvalue weighted by Gasteiger charge is -2.18. The second-order valence-corrected chi connectivity index (χ2v) is 6.23. The highest BCUT2D eigenvalue weighted by atomic mass is 79.9. The van der Waals surface area contributed by atoms with Crippen molar-refractivity contribution < 1.29 is 4.79 Å². The zero-order valence-electron chi connectivity index (χ0n) is 12.8. The molecule has 0 radical (unpaired) electrons. The van der Waals surface area contributed by atoms with E-state index in [2.05, 4.69) is 31.6 Å². The predicted octanol–water partition coefficient (Wildman–Crippen LogP) is 2.20. The molecule has 23 heavy (non-hydrogen) atoms. The van der Waals surface area contributed by atoms with Crippen LogP contribution in [0.2, 0.25) is 0 Å². The highest BCUT2D eigenvalue weighted by molar-refractivity contribution is 9.10. The van der Waals surface area contributed by atoms with Crippen LogP contribution >= 0.6 is 28.3 Å². The fourth-order valence-electron chi connectivity index (χ4n) is 2.58. The smallest absolute Gasteiger partial charge is 0.276 e. The Kier molecular flexibility index (Phi) is 6.15. The van der Waals surface area contributed by atoms with Crippen LogP contribution in [-0.2, 0) is 0 Å². The van der Waals surface area contributed by atoms with E-state index in [0.717, 1.165) is 41.9 Å². The largest absolute Gasteiger partial charge is 0.336 e. The van der Waals surface area contributed by atoms with Crippen LogP contribution in [0.5, 0.6) is 0 Å². The third kappa shape index (κ3) is 3.91. The van der Waals surface area contributed by atoms with Gasteiger partial charge in [-0.3, -0.25) is 4.79 Å². The average Bonchev–Trinajstić information content (AvgIpc) is 2.73. The maximum atomic E-state index is 12.7. The molecule has 1 aliphatic rings. The lowest BCUT2D eigenvalue weighted by atomic mass is 10.2. The van der Waals surface area contributed by atoms with Crippen LogP contribution in [-0.4, -0.2) is 52.0 Å². The number of amides is 1. The van der Waals surface area contributed by atoms with Crippen molar-refractivity contribution in [2.24, 2.45) is 0 Å². The van der Waals surface area contributed by atoms with Gasteiger partial charge in [-0.25, -0.2) is 4.68 Å². The molecule has 0 atom stereocenters. The van der Waals surface area contributed by atoms with Crippen LogP contribution in [0.3, 0.4) is 0 Å². The molecule has 0 saturated carbocycles. The first-order valence-electron chi connectivity index (χ1n) is 7.35. The van der Waals surface area contributed by atoms with Gasteiger partial charge in [-0.2, -0.15) is 0 Å². The molecule has 0 bridgehead atoms. The van der Waals surface area contributed by atoms with Gasteiger partial charge in [0.1, 0.15) is 0 Å². The zero-order valence-corrected chi connectivity index (χ0v) is 15.2. The fraction of sp³-hybridized carbons (Fsp3) is 0.400. The Hall–Kier alpha value is -1.44. The van der Waals surface area contributed by atoms with Crippen LogP contribution in [0.1, 0.15) is 22.6 Å². The Bertz CT molecular complexity index is 682. The molecule has 0 aliphatic carbocycles. The molecule has 1 aromatic carbocycles. The number of nitrogens with zero attached hydrogens (tertiary/aromatic N) is 4. The van der Waals surface area contributed by atoms with E-state index in [1.807, 2.05) is 36.1 Å². The van der Waals surface area contributed by atoms with E-state index < -0.39 is 0 Å². The van der Waals surface area contributed by atoms with E-state index in [1.54, 1.807) is 4.68 Å². The summed E-state index contributed by atoms with van der Waals surface area (Å²) < 4.78 is 2.67. The van der Waals surface area contributed by atoms with Crippen molar-refractivity contribution in [2.45, 2.75) is 13.3 Å². The first-order chi connectivity index (χ1) is 10.7. The molecule has 1 saturated heterocycles. The quantitative estimate of drug-likeness (QED) is 0.839. The van der Waals surface area contributed by atoms with Gasteiger partial charge in [-0.15, -0.1) is 17.5 Å². The number of halogens is 2. The van der Waals surface area contributed by atoms with Crippen molar-refractivity contribution in [1.82, 2.24) is 25.2 Å². The summed E-state index contributed by atoms with van der Waals surface area (Å²) in [5, 5.41) is 11.6. The van der Waals surface area contributed by atoms with Crippen LogP contribution in [0.15, 0.2) is 28.7 Å². The lowest BCUT2D eigenvalue weighted by molar-refractivity contribution is 0.0759. The highest BCUT2D eigenvalue weighted by Crippen LogP contribution is 2.18. The van der Waals surface area contributed by atoms with Gasteiger partial charge in [0, 0.05) is 24.1 Å². The molecule has 0 spiro atoms. The van der Waals surface area contributed by atoms with Gasteiger partial charge in [-0.1, -0.05) is 27.2 Å². The third-order valence-electron chi connectivity index (χ3n) is 3.78. The molecule has 1 amide bonds. The maximum Gasteiger partial charge on any atom is 0.276 e. The van der Waals surface area contributed by atoms with Crippen molar-refractivity contribution >= 4 is 34.2 Å². The van der Waals surface area contributed by atoms with Gasteiger partial charge in [0.25, 0.3) is 5.91 Å². The number of aromatic nitrogens is 3. The number of hydrogen-bond acceptors (Lipinski definition) is 4. The highest BCUT2D eigenvalue weighted by Gasteiger charge is 2.23. The molecule has 8 heteroatoms. The van der Waals surface area contributed by atoms with Gasteiger partial charge in [0.05, 0.1) is 11.4 Å². The molecular formula is C15H19BrClN5O. The Morgan fingerprint density at radius 3 is 2.91 bits per heavy atom. The summed E-state index contributed by atoms with van der Waals surface area (Å²) in [6.45, 7) is 5.12. The molecule has 2 aromatic rings. The van der Waals surface area contributed by atoms with Crippen molar-refractivity contribution in [3.05, 3.63) is 40.1 Å². The van der Waals surface area contributed by atoms with E-state index >= 15 is 0 Å². The molecule has 3 rings (SSSR count). The number of hydrogen-bond donors (Lipinski definition) is 1. The molecular weight excluding hydrogens is 382 g/mol. The lowest BCUT2D eigenvalue weighted by Crippen LogP contribution is -2.34. The molecule has 1 fully saturated rings. The van der Waals surface area contributed by atoms with Crippen molar-refractivity contribution in [3.8, 4) is 5.69 Å². The summed E-state index contributed by atoms with van der Waals surface area (Å²) in [4.78, 5) is 14.5. The van der Waals surface area contributed by atoms with Gasteiger partial charge < -0.3 is 10.2 Å². The monoisotopic (exact) mass is 399 g/mol. The van der Waals surface area contributed by atoms with E-state index in [9.17, 15) is 4.79 Å². The molecule has 2 heterocycles. The number of carbonyl (C=O) groups excluding carboxylic acids is 1. The minimum absolute atomic E-state index is 0. The molecule has 1 aromatic heterocycles. The number of rotatable bonds is 2. The van der Waals surface area contributed by atoms with E-state index in [4.69, 9.17) is 0 Å². The van der Waals surface area contributed by atoms with E-state index in [1.165, 1.54) is 0 Å². The number of carbonyl (C=O) groups is 1. The first kappa shape index (κ1) is 17.9. The summed E-state index contributed by atoms with van der Waals surface area (Å²) in [6.07, 6.45) is 0.963. The topological polar surface area (TPSA) is 63.1 Å². The average molecular weight is 401 g/mol. The van der Waals surface area contributed by atoms with Crippen molar-refractivity contribution in [1.29, 1.82) is 0 Å². The first-order valence-corrected chi connectivity index (χ1v) is 8.14. The normalized spacial score (nSPS) is 15.0. The molecule has 1 N–H and O–H groups in total. The third-order valence-corrected chi connectivity index (χ3v) is 4.27. The number of nitrogens with one attached hydrogen (secondary N) is 1. The minimum Gasteiger partial charge on any atom is -0.336 e. The van der Waals surface area contributed by atoms with Crippen molar-refractivity contribution in [3.63, 3.8) is 0 Å². The van der Waals surface area contributed by atoms with Crippen LogP contribution in [0, 0.1) is 6.92 Å². The van der Waals surface area contributed by atoms with E-state index in [-0.39, 0.29) is 18.3 Å².